The summed E-state index contributed by atoms with van der Waals surface area (Å²) in [5.41, 5.74) is 5.24. The lowest BCUT2D eigenvalue weighted by Gasteiger charge is -2.22. The molecule has 3 amide bonds. The van der Waals surface area contributed by atoms with Crippen LogP contribution >= 0.6 is 12.2 Å². The van der Waals surface area contributed by atoms with E-state index in [0.717, 1.165) is 21.8 Å². The number of hydrazine groups is 1. The molecule has 1 aliphatic rings. The minimum atomic E-state index is -1.14. The van der Waals surface area contributed by atoms with E-state index in [9.17, 15) is 9.59 Å². The van der Waals surface area contributed by atoms with Crippen molar-refractivity contribution in [1.82, 2.24) is 15.8 Å². The van der Waals surface area contributed by atoms with E-state index in [4.69, 9.17) is 12.2 Å². The van der Waals surface area contributed by atoms with E-state index >= 15 is 0 Å². The Bertz CT molecular complexity index is 884. The number of hydrogen-bond donors (Lipinski definition) is 3. The summed E-state index contributed by atoms with van der Waals surface area (Å²) in [6.45, 7) is 5.64. The van der Waals surface area contributed by atoms with Gasteiger partial charge in [-0.05, 0) is 55.7 Å². The second kappa shape index (κ2) is 6.76. The highest BCUT2D eigenvalue weighted by Gasteiger charge is 2.49. The highest BCUT2D eigenvalue weighted by atomic mass is 32.1. The van der Waals surface area contributed by atoms with Gasteiger partial charge in [0.1, 0.15) is 5.54 Å². The summed E-state index contributed by atoms with van der Waals surface area (Å²) in [6, 6.07) is 14.3. The molecular weight excluding hydrogens is 348 g/mol. The molecule has 1 atom stereocenters. The van der Waals surface area contributed by atoms with Gasteiger partial charge in [-0.3, -0.25) is 10.2 Å². The average molecular weight is 368 g/mol. The molecule has 6 nitrogen and oxygen atoms in total. The fourth-order valence-electron chi connectivity index (χ4n) is 2.85. The van der Waals surface area contributed by atoms with Gasteiger partial charge < -0.3 is 10.6 Å². The first-order valence-electron chi connectivity index (χ1n) is 8.19. The van der Waals surface area contributed by atoms with Crippen LogP contribution in [0.25, 0.3) is 0 Å². The summed E-state index contributed by atoms with van der Waals surface area (Å²) >= 11 is 5.28. The van der Waals surface area contributed by atoms with E-state index in [1.165, 1.54) is 0 Å². The number of urea groups is 1. The molecule has 2 aromatic rings. The lowest BCUT2D eigenvalue weighted by atomic mass is 9.92. The van der Waals surface area contributed by atoms with Crippen LogP contribution in [0.4, 0.5) is 10.5 Å². The van der Waals surface area contributed by atoms with Crippen molar-refractivity contribution in [2.75, 3.05) is 5.32 Å². The smallest absolute Gasteiger partial charge is 0.331 e. The molecule has 1 fully saturated rings. The van der Waals surface area contributed by atoms with Gasteiger partial charge in [-0.2, -0.15) is 5.01 Å². The molecule has 0 aliphatic carbocycles. The number of rotatable bonds is 3. The fourth-order valence-corrected chi connectivity index (χ4v) is 3.05. The lowest BCUT2D eigenvalue weighted by Crippen LogP contribution is -2.49. The van der Waals surface area contributed by atoms with Crippen molar-refractivity contribution in [2.45, 2.75) is 26.3 Å². The Balaban J connectivity index is 1.76. The standard InChI is InChI=1S/C19H20N4O2S/c1-12-8-7-11-15(13(12)2)20-17(26)22-23-16(24)19(3,21-18(23)25)14-9-5-4-6-10-14/h4-11H,1-3H3,(H,21,25)(H2,20,22,26)/t19-/m0/s1. The Morgan fingerprint density at radius 1 is 1.08 bits per heavy atom. The maximum atomic E-state index is 12.8. The van der Waals surface area contributed by atoms with Gasteiger partial charge in [0.05, 0.1) is 0 Å². The maximum absolute atomic E-state index is 12.8. The predicted molar refractivity (Wildman–Crippen MR) is 104 cm³/mol. The number of anilines is 1. The molecule has 0 radical (unpaired) electrons. The zero-order valence-corrected chi connectivity index (χ0v) is 15.6. The molecule has 0 saturated carbocycles. The van der Waals surface area contributed by atoms with E-state index in [1.807, 2.05) is 50.2 Å². The first-order chi connectivity index (χ1) is 12.3. The molecule has 1 heterocycles. The fraction of sp³-hybridized carbons (Fsp3) is 0.211. The third-order valence-corrected chi connectivity index (χ3v) is 4.80. The Morgan fingerprint density at radius 2 is 1.77 bits per heavy atom. The molecule has 0 unspecified atom stereocenters. The quantitative estimate of drug-likeness (QED) is 0.574. The van der Waals surface area contributed by atoms with Gasteiger partial charge in [0, 0.05) is 5.69 Å². The molecule has 2 aromatic carbocycles. The molecule has 0 spiro atoms. The number of amides is 3. The van der Waals surface area contributed by atoms with Crippen LogP contribution in [-0.2, 0) is 10.3 Å². The minimum absolute atomic E-state index is 0.166. The van der Waals surface area contributed by atoms with Crippen LogP contribution in [0.1, 0.15) is 23.6 Å². The zero-order valence-electron chi connectivity index (χ0n) is 14.8. The number of carbonyl (C=O) groups is 2. The SMILES string of the molecule is Cc1cccc(NC(=S)NN2C(=O)N[C@@](C)(c3ccccc3)C2=O)c1C. The second-order valence-corrected chi connectivity index (χ2v) is 6.78. The number of carbonyl (C=O) groups excluding carboxylic acids is 2. The summed E-state index contributed by atoms with van der Waals surface area (Å²) < 4.78 is 0. The third-order valence-electron chi connectivity index (χ3n) is 4.61. The zero-order chi connectivity index (χ0) is 18.9. The summed E-state index contributed by atoms with van der Waals surface area (Å²) in [4.78, 5) is 25.2. The molecule has 3 rings (SSSR count). The van der Waals surface area contributed by atoms with Crippen LogP contribution in [-0.4, -0.2) is 22.1 Å². The maximum Gasteiger partial charge on any atom is 0.344 e. The Kier molecular flexibility index (Phi) is 4.65. The highest BCUT2D eigenvalue weighted by Crippen LogP contribution is 2.27. The number of thiocarbonyl (C=S) groups is 1. The lowest BCUT2D eigenvalue weighted by molar-refractivity contribution is -0.132. The Morgan fingerprint density at radius 3 is 2.46 bits per heavy atom. The van der Waals surface area contributed by atoms with Crippen molar-refractivity contribution in [1.29, 1.82) is 0 Å². The molecule has 7 heteroatoms. The van der Waals surface area contributed by atoms with Crippen LogP contribution in [0.5, 0.6) is 0 Å². The molecule has 1 saturated heterocycles. The van der Waals surface area contributed by atoms with Gasteiger partial charge in [0.15, 0.2) is 5.11 Å². The van der Waals surface area contributed by atoms with Gasteiger partial charge in [-0.25, -0.2) is 4.79 Å². The van der Waals surface area contributed by atoms with Crippen LogP contribution in [0.15, 0.2) is 48.5 Å². The van der Waals surface area contributed by atoms with Crippen LogP contribution in [0.2, 0.25) is 0 Å². The van der Waals surface area contributed by atoms with Crippen molar-refractivity contribution in [2.24, 2.45) is 0 Å². The van der Waals surface area contributed by atoms with Crippen molar-refractivity contribution in [3.8, 4) is 0 Å². The molecule has 134 valence electrons. The predicted octanol–water partition coefficient (Wildman–Crippen LogP) is 2.97. The van der Waals surface area contributed by atoms with Gasteiger partial charge >= 0.3 is 6.03 Å². The van der Waals surface area contributed by atoms with Gasteiger partial charge in [0.2, 0.25) is 0 Å². The highest BCUT2D eigenvalue weighted by molar-refractivity contribution is 7.80. The number of hydrogen-bond acceptors (Lipinski definition) is 3. The van der Waals surface area contributed by atoms with Crippen molar-refractivity contribution in [3.63, 3.8) is 0 Å². The van der Waals surface area contributed by atoms with Crippen LogP contribution in [0.3, 0.4) is 0 Å². The number of imide groups is 1. The van der Waals surface area contributed by atoms with E-state index in [1.54, 1.807) is 19.1 Å². The van der Waals surface area contributed by atoms with Crippen molar-refractivity contribution in [3.05, 3.63) is 65.2 Å². The molecular formula is C19H20N4O2S. The second-order valence-electron chi connectivity index (χ2n) is 6.38. The van der Waals surface area contributed by atoms with Gasteiger partial charge in [-0.1, -0.05) is 42.5 Å². The number of benzene rings is 2. The third kappa shape index (κ3) is 3.13. The first kappa shape index (κ1) is 17.9. The molecule has 3 N–H and O–H groups in total. The number of aryl methyl sites for hydroxylation is 1. The molecule has 26 heavy (non-hydrogen) atoms. The van der Waals surface area contributed by atoms with Crippen LogP contribution in [0, 0.1) is 13.8 Å². The first-order valence-corrected chi connectivity index (χ1v) is 8.60. The normalized spacial score (nSPS) is 19.3. The van der Waals surface area contributed by atoms with Gasteiger partial charge in [-0.15, -0.1) is 0 Å². The monoisotopic (exact) mass is 368 g/mol. The number of nitrogens with zero attached hydrogens (tertiary/aromatic N) is 1. The van der Waals surface area contributed by atoms with E-state index < -0.39 is 17.5 Å². The molecule has 0 bridgehead atoms. The van der Waals surface area contributed by atoms with E-state index in [-0.39, 0.29) is 5.11 Å². The average Bonchev–Trinajstić information content (AvgIpc) is 2.84. The Labute approximate surface area is 157 Å². The van der Waals surface area contributed by atoms with E-state index in [2.05, 4.69) is 16.1 Å². The number of nitrogens with one attached hydrogen (secondary N) is 3. The van der Waals surface area contributed by atoms with Crippen molar-refractivity contribution >= 4 is 35.0 Å². The van der Waals surface area contributed by atoms with Crippen molar-refractivity contribution < 1.29 is 9.59 Å². The molecule has 0 aromatic heterocycles. The van der Waals surface area contributed by atoms with Crippen LogP contribution < -0.4 is 16.1 Å². The Hall–Kier alpha value is -2.93. The van der Waals surface area contributed by atoms with Gasteiger partial charge in [0.25, 0.3) is 5.91 Å². The largest absolute Gasteiger partial charge is 0.344 e. The molecule has 1 aliphatic heterocycles. The topological polar surface area (TPSA) is 73.5 Å². The summed E-state index contributed by atoms with van der Waals surface area (Å²) in [6.07, 6.45) is 0. The summed E-state index contributed by atoms with van der Waals surface area (Å²) in [7, 11) is 0. The minimum Gasteiger partial charge on any atom is -0.331 e. The summed E-state index contributed by atoms with van der Waals surface area (Å²) in [5.74, 6) is -0.418. The van der Waals surface area contributed by atoms with E-state index in [0.29, 0.717) is 5.56 Å². The summed E-state index contributed by atoms with van der Waals surface area (Å²) in [5, 5.41) is 6.83.